The van der Waals surface area contributed by atoms with Crippen LogP contribution in [0, 0.1) is 0 Å². The summed E-state index contributed by atoms with van der Waals surface area (Å²) in [4.78, 5) is 4.18. The molecular formula is C14H23BrN2O2S. The molecular weight excluding hydrogens is 340 g/mol. The molecule has 0 fully saturated rings. The zero-order chi connectivity index (χ0) is 15.0. The first kappa shape index (κ1) is 17.6. The summed E-state index contributed by atoms with van der Waals surface area (Å²) in [6.45, 7) is 4.73. The van der Waals surface area contributed by atoms with Crippen LogP contribution in [0.2, 0.25) is 0 Å². The summed E-state index contributed by atoms with van der Waals surface area (Å²) < 4.78 is 24.0. The van der Waals surface area contributed by atoms with Gasteiger partial charge in [0.05, 0.1) is 5.75 Å². The van der Waals surface area contributed by atoms with Crippen molar-refractivity contribution in [3.05, 3.63) is 28.5 Å². The summed E-state index contributed by atoms with van der Waals surface area (Å²) >= 11 is 3.42. The highest BCUT2D eigenvalue weighted by Crippen LogP contribution is 2.21. The maximum atomic E-state index is 11.5. The van der Waals surface area contributed by atoms with E-state index in [0.29, 0.717) is 6.42 Å². The molecule has 0 saturated carbocycles. The Balaban J connectivity index is 2.65. The second-order valence-corrected chi connectivity index (χ2v) is 8.21. The average molecular weight is 363 g/mol. The van der Waals surface area contributed by atoms with Gasteiger partial charge in [0, 0.05) is 28.7 Å². The highest BCUT2D eigenvalue weighted by molar-refractivity contribution is 9.10. The molecule has 1 N–H and O–H groups in total. The van der Waals surface area contributed by atoms with E-state index >= 15 is 0 Å². The van der Waals surface area contributed by atoms with Crippen LogP contribution in [-0.4, -0.2) is 31.5 Å². The van der Waals surface area contributed by atoms with Gasteiger partial charge in [-0.05, 0) is 53.4 Å². The van der Waals surface area contributed by atoms with Gasteiger partial charge in [0.2, 0.25) is 0 Å². The van der Waals surface area contributed by atoms with Gasteiger partial charge in [0.25, 0.3) is 0 Å². The maximum Gasteiger partial charge on any atom is 0.150 e. The van der Waals surface area contributed by atoms with E-state index in [-0.39, 0.29) is 17.5 Å². The third-order valence-electron chi connectivity index (χ3n) is 3.16. The van der Waals surface area contributed by atoms with Crippen LogP contribution in [0.15, 0.2) is 22.9 Å². The van der Waals surface area contributed by atoms with E-state index in [2.05, 4.69) is 33.2 Å². The highest BCUT2D eigenvalue weighted by Gasteiger charge is 2.14. The second kappa shape index (κ2) is 8.74. The van der Waals surface area contributed by atoms with Crippen molar-refractivity contribution in [1.29, 1.82) is 0 Å². The van der Waals surface area contributed by atoms with Crippen molar-refractivity contribution in [1.82, 2.24) is 10.3 Å². The number of nitrogens with one attached hydrogen (secondary N) is 1. The largest absolute Gasteiger partial charge is 0.310 e. The minimum absolute atomic E-state index is 0.159. The molecule has 114 valence electrons. The third kappa shape index (κ3) is 6.33. The number of nitrogens with zero attached hydrogens (tertiary/aromatic N) is 1. The standard InChI is InChI=1S/C14H23BrN2O2S/c1-3-7-17-14(6-5-8-20(18,19)4-2)12-9-13(15)11-16-10-12/h9-11,14,17H,3-8H2,1-2H3. The molecule has 0 spiro atoms. The van der Waals surface area contributed by atoms with E-state index in [1.54, 1.807) is 13.1 Å². The smallest absolute Gasteiger partial charge is 0.150 e. The Labute approximate surface area is 130 Å². The van der Waals surface area contributed by atoms with Gasteiger partial charge in [-0.2, -0.15) is 0 Å². The molecule has 4 nitrogen and oxygen atoms in total. The number of hydrogen-bond acceptors (Lipinski definition) is 4. The predicted molar refractivity (Wildman–Crippen MR) is 86.5 cm³/mol. The minimum atomic E-state index is -2.88. The Morgan fingerprint density at radius 3 is 2.70 bits per heavy atom. The van der Waals surface area contributed by atoms with Gasteiger partial charge in [-0.15, -0.1) is 0 Å². The minimum Gasteiger partial charge on any atom is -0.310 e. The first-order valence-electron chi connectivity index (χ1n) is 7.02. The van der Waals surface area contributed by atoms with Gasteiger partial charge in [-0.1, -0.05) is 13.8 Å². The van der Waals surface area contributed by atoms with Crippen molar-refractivity contribution in [2.45, 2.75) is 39.2 Å². The summed E-state index contributed by atoms with van der Waals surface area (Å²) in [5, 5.41) is 3.46. The molecule has 1 unspecified atom stereocenters. The van der Waals surface area contributed by atoms with Crippen LogP contribution >= 0.6 is 15.9 Å². The molecule has 1 heterocycles. The molecule has 1 aromatic rings. The monoisotopic (exact) mass is 362 g/mol. The van der Waals surface area contributed by atoms with Crippen molar-refractivity contribution >= 4 is 25.8 Å². The number of rotatable bonds is 9. The van der Waals surface area contributed by atoms with Gasteiger partial charge in [-0.3, -0.25) is 4.98 Å². The number of halogens is 1. The summed E-state index contributed by atoms with van der Waals surface area (Å²) in [5.74, 6) is 0.480. The van der Waals surface area contributed by atoms with Crippen molar-refractivity contribution in [2.75, 3.05) is 18.1 Å². The summed E-state index contributed by atoms with van der Waals surface area (Å²) in [5.41, 5.74) is 1.10. The van der Waals surface area contributed by atoms with E-state index in [1.807, 2.05) is 12.3 Å². The molecule has 1 rings (SSSR count). The molecule has 20 heavy (non-hydrogen) atoms. The first-order chi connectivity index (χ1) is 9.48. The van der Waals surface area contributed by atoms with Crippen molar-refractivity contribution < 1.29 is 8.42 Å². The lowest BCUT2D eigenvalue weighted by Crippen LogP contribution is -2.23. The van der Waals surface area contributed by atoms with Crippen LogP contribution in [0.3, 0.4) is 0 Å². The Bertz CT molecular complexity index is 506. The number of sulfone groups is 1. The van der Waals surface area contributed by atoms with E-state index in [4.69, 9.17) is 0 Å². The lowest BCUT2D eigenvalue weighted by atomic mass is 10.0. The molecule has 0 aliphatic carbocycles. The number of aromatic nitrogens is 1. The molecule has 0 radical (unpaired) electrons. The van der Waals surface area contributed by atoms with Crippen LogP contribution in [-0.2, 0) is 9.84 Å². The molecule has 1 atom stereocenters. The second-order valence-electron chi connectivity index (χ2n) is 4.82. The van der Waals surface area contributed by atoms with Crippen LogP contribution in [0.4, 0.5) is 0 Å². The molecule has 6 heteroatoms. The highest BCUT2D eigenvalue weighted by atomic mass is 79.9. The van der Waals surface area contributed by atoms with E-state index in [0.717, 1.165) is 29.4 Å². The lowest BCUT2D eigenvalue weighted by Gasteiger charge is -2.18. The third-order valence-corrected chi connectivity index (χ3v) is 5.38. The van der Waals surface area contributed by atoms with Crippen LogP contribution in [0.5, 0.6) is 0 Å². The molecule has 0 aliphatic heterocycles. The van der Waals surface area contributed by atoms with E-state index in [9.17, 15) is 8.42 Å². The fourth-order valence-corrected chi connectivity index (χ4v) is 3.25. The van der Waals surface area contributed by atoms with E-state index < -0.39 is 9.84 Å². The van der Waals surface area contributed by atoms with Crippen molar-refractivity contribution in [3.8, 4) is 0 Å². The molecule has 0 aliphatic rings. The average Bonchev–Trinajstić information content (AvgIpc) is 2.42. The van der Waals surface area contributed by atoms with Crippen molar-refractivity contribution in [2.24, 2.45) is 0 Å². The van der Waals surface area contributed by atoms with Gasteiger partial charge in [0.15, 0.2) is 0 Å². The van der Waals surface area contributed by atoms with E-state index in [1.165, 1.54) is 0 Å². The molecule has 1 aromatic heterocycles. The van der Waals surface area contributed by atoms with Crippen LogP contribution in [0.25, 0.3) is 0 Å². The fourth-order valence-electron chi connectivity index (χ4n) is 1.98. The Morgan fingerprint density at radius 2 is 2.10 bits per heavy atom. The van der Waals surface area contributed by atoms with Crippen LogP contribution in [0.1, 0.15) is 44.7 Å². The van der Waals surface area contributed by atoms with Gasteiger partial charge >= 0.3 is 0 Å². The predicted octanol–water partition coefficient (Wildman–Crippen LogP) is 3.10. The summed E-state index contributed by atoms with van der Waals surface area (Å²) in [6.07, 6.45) is 6.11. The Morgan fingerprint density at radius 1 is 1.35 bits per heavy atom. The van der Waals surface area contributed by atoms with Gasteiger partial charge in [-0.25, -0.2) is 8.42 Å². The van der Waals surface area contributed by atoms with Crippen molar-refractivity contribution in [3.63, 3.8) is 0 Å². The zero-order valence-electron chi connectivity index (χ0n) is 12.1. The molecule has 0 saturated heterocycles. The molecule has 0 aromatic carbocycles. The SMILES string of the molecule is CCCNC(CCCS(=O)(=O)CC)c1cncc(Br)c1. The first-order valence-corrected chi connectivity index (χ1v) is 9.64. The summed E-state index contributed by atoms with van der Waals surface area (Å²) in [7, 11) is -2.88. The Kier molecular flexibility index (Phi) is 7.69. The number of hydrogen-bond donors (Lipinski definition) is 1. The van der Waals surface area contributed by atoms with Crippen LogP contribution < -0.4 is 5.32 Å². The van der Waals surface area contributed by atoms with Gasteiger partial charge < -0.3 is 5.32 Å². The Hall–Kier alpha value is -0.460. The van der Waals surface area contributed by atoms with Gasteiger partial charge in [0.1, 0.15) is 9.84 Å². The normalized spacial score (nSPS) is 13.3. The maximum absolute atomic E-state index is 11.5. The number of pyridine rings is 1. The fraction of sp³-hybridized carbons (Fsp3) is 0.643. The summed E-state index contributed by atoms with van der Waals surface area (Å²) in [6, 6.07) is 2.20. The quantitative estimate of drug-likeness (QED) is 0.733. The molecule has 0 amide bonds. The topological polar surface area (TPSA) is 59.1 Å². The molecule has 0 bridgehead atoms. The zero-order valence-corrected chi connectivity index (χ0v) is 14.5. The lowest BCUT2D eigenvalue weighted by molar-refractivity contribution is 0.491.